The topological polar surface area (TPSA) is 46.2 Å². The number of allylic oxidation sites excluding steroid dienone is 1. The van der Waals surface area contributed by atoms with Gasteiger partial charge in [0.25, 0.3) is 0 Å². The molecule has 1 unspecified atom stereocenters. The highest BCUT2D eigenvalue weighted by Gasteiger charge is 2.35. The summed E-state index contributed by atoms with van der Waals surface area (Å²) in [6.07, 6.45) is -4.76. The standard InChI is InChI=1S/C12H13ClF3NO/c13-11(12(14,15)16)10(6-9(17)7-18)8-4-2-1-3-5-8/h1-5,9,18H,6-7,17H2/b11-10-. The number of alkyl halides is 3. The number of halogens is 4. The van der Waals surface area contributed by atoms with Crippen molar-refractivity contribution in [3.05, 3.63) is 40.9 Å². The van der Waals surface area contributed by atoms with Crippen molar-refractivity contribution in [3.8, 4) is 0 Å². The van der Waals surface area contributed by atoms with Gasteiger partial charge in [-0.3, -0.25) is 0 Å². The van der Waals surface area contributed by atoms with Gasteiger partial charge in [-0.05, 0) is 17.6 Å². The average molecular weight is 280 g/mol. The monoisotopic (exact) mass is 279 g/mol. The second kappa shape index (κ2) is 6.22. The van der Waals surface area contributed by atoms with E-state index in [1.807, 2.05) is 0 Å². The van der Waals surface area contributed by atoms with Gasteiger partial charge in [0.15, 0.2) is 0 Å². The smallest absolute Gasteiger partial charge is 0.395 e. The van der Waals surface area contributed by atoms with Crippen LogP contribution in [0.1, 0.15) is 12.0 Å². The van der Waals surface area contributed by atoms with Crippen LogP contribution in [-0.2, 0) is 0 Å². The Morgan fingerprint density at radius 3 is 2.28 bits per heavy atom. The molecule has 1 aromatic carbocycles. The lowest BCUT2D eigenvalue weighted by molar-refractivity contribution is -0.0841. The first-order chi connectivity index (χ1) is 8.36. The summed E-state index contributed by atoms with van der Waals surface area (Å²) in [5.74, 6) is 0. The summed E-state index contributed by atoms with van der Waals surface area (Å²) in [6, 6.07) is 7.17. The number of benzene rings is 1. The zero-order valence-electron chi connectivity index (χ0n) is 9.41. The fraction of sp³-hybridized carbons (Fsp3) is 0.333. The van der Waals surface area contributed by atoms with Gasteiger partial charge >= 0.3 is 6.18 Å². The molecule has 0 aliphatic heterocycles. The highest BCUT2D eigenvalue weighted by Crippen LogP contribution is 2.37. The Morgan fingerprint density at radius 2 is 1.83 bits per heavy atom. The molecule has 0 heterocycles. The predicted molar refractivity (Wildman–Crippen MR) is 64.9 cm³/mol. The molecule has 0 radical (unpaired) electrons. The van der Waals surface area contributed by atoms with Crippen LogP contribution < -0.4 is 5.73 Å². The van der Waals surface area contributed by atoms with Crippen molar-refractivity contribution >= 4 is 17.2 Å². The lowest BCUT2D eigenvalue weighted by Crippen LogP contribution is -2.25. The van der Waals surface area contributed by atoms with Crippen LogP contribution in [0, 0.1) is 0 Å². The molecule has 0 fully saturated rings. The molecule has 0 aliphatic carbocycles. The van der Waals surface area contributed by atoms with Crippen LogP contribution >= 0.6 is 11.6 Å². The molecule has 0 aliphatic rings. The first-order valence-electron chi connectivity index (χ1n) is 5.24. The first kappa shape index (κ1) is 15.0. The summed E-state index contributed by atoms with van der Waals surface area (Å²) >= 11 is 5.38. The zero-order chi connectivity index (χ0) is 13.8. The van der Waals surface area contributed by atoms with Gasteiger partial charge in [-0.25, -0.2) is 0 Å². The predicted octanol–water partition coefficient (Wildman–Crippen LogP) is 2.91. The van der Waals surface area contributed by atoms with Crippen molar-refractivity contribution in [2.75, 3.05) is 6.61 Å². The third kappa shape index (κ3) is 4.01. The summed E-state index contributed by atoms with van der Waals surface area (Å²) in [6.45, 7) is -0.404. The van der Waals surface area contributed by atoms with Gasteiger partial charge in [-0.1, -0.05) is 41.9 Å². The van der Waals surface area contributed by atoms with Crippen LogP contribution in [-0.4, -0.2) is 23.9 Å². The SMILES string of the molecule is NC(CO)C/C(=C(/Cl)C(F)(F)F)c1ccccc1. The van der Waals surface area contributed by atoms with Crippen molar-refractivity contribution in [3.63, 3.8) is 0 Å². The quantitative estimate of drug-likeness (QED) is 0.890. The summed E-state index contributed by atoms with van der Waals surface area (Å²) < 4.78 is 37.9. The fourth-order valence-corrected chi connectivity index (χ4v) is 1.66. The van der Waals surface area contributed by atoms with Crippen molar-refractivity contribution in [2.24, 2.45) is 5.73 Å². The summed E-state index contributed by atoms with van der Waals surface area (Å²) in [7, 11) is 0. The maximum atomic E-state index is 12.6. The second-order valence-electron chi connectivity index (χ2n) is 3.80. The molecule has 0 spiro atoms. The van der Waals surface area contributed by atoms with Crippen molar-refractivity contribution in [1.29, 1.82) is 0 Å². The molecule has 1 aromatic rings. The third-order valence-electron chi connectivity index (χ3n) is 2.34. The van der Waals surface area contributed by atoms with Gasteiger partial charge < -0.3 is 10.8 Å². The molecular formula is C12H13ClF3NO. The van der Waals surface area contributed by atoms with E-state index in [0.717, 1.165) is 0 Å². The van der Waals surface area contributed by atoms with Crippen LogP contribution in [0.4, 0.5) is 13.2 Å². The number of aliphatic hydroxyl groups is 1. The van der Waals surface area contributed by atoms with Crippen LogP contribution in [0.5, 0.6) is 0 Å². The first-order valence-corrected chi connectivity index (χ1v) is 5.61. The minimum Gasteiger partial charge on any atom is -0.395 e. The maximum Gasteiger partial charge on any atom is 0.427 e. The Balaban J connectivity index is 3.19. The van der Waals surface area contributed by atoms with Gasteiger partial charge in [0.05, 0.1) is 6.61 Å². The van der Waals surface area contributed by atoms with E-state index in [-0.39, 0.29) is 12.0 Å². The molecular weight excluding hydrogens is 267 g/mol. The molecule has 1 atom stereocenters. The van der Waals surface area contributed by atoms with E-state index in [0.29, 0.717) is 5.56 Å². The maximum absolute atomic E-state index is 12.6. The van der Waals surface area contributed by atoms with Gasteiger partial charge in [0, 0.05) is 6.04 Å². The van der Waals surface area contributed by atoms with E-state index in [9.17, 15) is 13.2 Å². The molecule has 0 bridgehead atoms. The molecule has 6 heteroatoms. The van der Waals surface area contributed by atoms with Gasteiger partial charge in [0.2, 0.25) is 0 Å². The normalized spacial score (nSPS) is 15.2. The van der Waals surface area contributed by atoms with Crippen LogP contribution in [0.2, 0.25) is 0 Å². The van der Waals surface area contributed by atoms with Crippen LogP contribution in [0.25, 0.3) is 5.57 Å². The Hall–Kier alpha value is -1.04. The fourth-order valence-electron chi connectivity index (χ4n) is 1.47. The zero-order valence-corrected chi connectivity index (χ0v) is 10.2. The third-order valence-corrected chi connectivity index (χ3v) is 2.78. The number of aliphatic hydroxyl groups excluding tert-OH is 1. The molecule has 3 N–H and O–H groups in total. The van der Waals surface area contributed by atoms with Crippen molar-refractivity contribution in [1.82, 2.24) is 0 Å². The minimum atomic E-state index is -4.62. The highest BCUT2D eigenvalue weighted by molar-refractivity contribution is 6.33. The molecule has 0 saturated carbocycles. The number of nitrogens with two attached hydrogens (primary N) is 1. The van der Waals surface area contributed by atoms with E-state index >= 15 is 0 Å². The van der Waals surface area contributed by atoms with E-state index in [4.69, 9.17) is 22.4 Å². The lowest BCUT2D eigenvalue weighted by Gasteiger charge is -2.16. The largest absolute Gasteiger partial charge is 0.427 e. The lowest BCUT2D eigenvalue weighted by atomic mass is 9.98. The Morgan fingerprint density at radius 1 is 1.28 bits per heavy atom. The molecule has 2 nitrogen and oxygen atoms in total. The Bertz CT molecular complexity index is 417. The van der Waals surface area contributed by atoms with Crippen LogP contribution in [0.15, 0.2) is 35.4 Å². The highest BCUT2D eigenvalue weighted by atomic mass is 35.5. The number of rotatable bonds is 4. The Labute approximate surface area is 108 Å². The van der Waals surface area contributed by atoms with E-state index in [1.54, 1.807) is 18.2 Å². The minimum absolute atomic E-state index is 0.105. The molecule has 0 saturated heterocycles. The number of hydrogen-bond acceptors (Lipinski definition) is 2. The van der Waals surface area contributed by atoms with Crippen LogP contribution in [0.3, 0.4) is 0 Å². The molecule has 100 valence electrons. The second-order valence-corrected chi connectivity index (χ2v) is 4.18. The van der Waals surface area contributed by atoms with Crippen molar-refractivity contribution in [2.45, 2.75) is 18.6 Å². The number of hydrogen-bond donors (Lipinski definition) is 2. The summed E-state index contributed by atoms with van der Waals surface area (Å²) in [4.78, 5) is 0. The summed E-state index contributed by atoms with van der Waals surface area (Å²) in [5.41, 5.74) is 5.73. The molecule has 1 rings (SSSR count). The van der Waals surface area contributed by atoms with E-state index in [1.165, 1.54) is 12.1 Å². The molecule has 0 aromatic heterocycles. The van der Waals surface area contributed by atoms with Gasteiger partial charge in [0.1, 0.15) is 5.03 Å². The molecule has 0 amide bonds. The van der Waals surface area contributed by atoms with E-state index < -0.39 is 23.9 Å². The molecule has 18 heavy (non-hydrogen) atoms. The summed E-state index contributed by atoms with van der Waals surface area (Å²) in [5, 5.41) is 7.65. The van der Waals surface area contributed by atoms with Gasteiger partial charge in [-0.15, -0.1) is 0 Å². The average Bonchev–Trinajstić information content (AvgIpc) is 2.34. The van der Waals surface area contributed by atoms with E-state index in [2.05, 4.69) is 0 Å². The van der Waals surface area contributed by atoms with Crippen molar-refractivity contribution < 1.29 is 18.3 Å². The Kier molecular flexibility index (Phi) is 5.19. The van der Waals surface area contributed by atoms with Gasteiger partial charge in [-0.2, -0.15) is 13.2 Å².